The van der Waals surface area contributed by atoms with Crippen molar-refractivity contribution in [3.63, 3.8) is 0 Å². The van der Waals surface area contributed by atoms with Gasteiger partial charge in [-0.15, -0.1) is 0 Å². The number of hydrogen-bond acceptors (Lipinski definition) is 8. The Morgan fingerprint density at radius 2 is 1.88 bits per heavy atom. The third-order valence-electron chi connectivity index (χ3n) is 5.00. The van der Waals surface area contributed by atoms with Gasteiger partial charge in [-0.05, 0) is 56.2 Å². The van der Waals surface area contributed by atoms with E-state index in [1.165, 1.54) is 6.20 Å². The van der Waals surface area contributed by atoms with E-state index in [0.717, 1.165) is 12.0 Å². The highest BCUT2D eigenvalue weighted by Crippen LogP contribution is 2.27. The minimum Gasteiger partial charge on any atom is -0.489 e. The van der Waals surface area contributed by atoms with Crippen LogP contribution in [0.2, 0.25) is 0 Å². The number of benzene rings is 2. The fourth-order valence-electron chi connectivity index (χ4n) is 3.20. The van der Waals surface area contributed by atoms with Crippen molar-refractivity contribution in [2.45, 2.75) is 31.9 Å². The van der Waals surface area contributed by atoms with E-state index in [4.69, 9.17) is 26.2 Å². The van der Waals surface area contributed by atoms with Crippen molar-refractivity contribution in [2.75, 3.05) is 24.6 Å². The highest BCUT2D eigenvalue weighted by molar-refractivity contribution is 5.70. The fraction of sp³-hybridized carbons (Fsp3) is 0.280. The number of aromatic nitrogens is 1. The summed E-state index contributed by atoms with van der Waals surface area (Å²) in [4.78, 5) is 4.11. The van der Waals surface area contributed by atoms with E-state index in [0.29, 0.717) is 40.9 Å². The van der Waals surface area contributed by atoms with Gasteiger partial charge in [0.25, 0.3) is 0 Å². The van der Waals surface area contributed by atoms with Crippen LogP contribution in [0.1, 0.15) is 25.0 Å². The number of nitrogens with one attached hydrogen (secondary N) is 1. The molecule has 0 unspecified atom stereocenters. The molecule has 3 aromatic rings. The van der Waals surface area contributed by atoms with Crippen molar-refractivity contribution in [3.05, 3.63) is 71.9 Å². The van der Waals surface area contributed by atoms with E-state index in [2.05, 4.69) is 24.1 Å². The fourth-order valence-corrected chi connectivity index (χ4v) is 3.20. The molecule has 2 aromatic carbocycles. The minimum atomic E-state index is -0.708. The molecular weight excluding hydrogens is 418 g/mol. The van der Waals surface area contributed by atoms with Crippen LogP contribution in [-0.2, 0) is 6.42 Å². The second-order valence-corrected chi connectivity index (χ2v) is 8.41. The van der Waals surface area contributed by atoms with Gasteiger partial charge in [-0.3, -0.25) is 0 Å². The topological polar surface area (TPSA) is 139 Å². The zero-order valence-corrected chi connectivity index (χ0v) is 18.8. The molecule has 0 aliphatic heterocycles. The number of ether oxygens (including phenoxy) is 2. The molecule has 8 heteroatoms. The molecule has 33 heavy (non-hydrogen) atoms. The summed E-state index contributed by atoms with van der Waals surface area (Å²) >= 11 is 0. The van der Waals surface area contributed by atoms with Crippen LogP contribution in [0.3, 0.4) is 0 Å². The smallest absolute Gasteiger partial charge is 0.219 e. The van der Waals surface area contributed by atoms with Gasteiger partial charge in [0.2, 0.25) is 5.88 Å². The first-order valence-corrected chi connectivity index (χ1v) is 10.6. The van der Waals surface area contributed by atoms with Crippen LogP contribution >= 0.6 is 0 Å². The Morgan fingerprint density at radius 1 is 1.12 bits per heavy atom. The monoisotopic (exact) mass is 447 g/mol. The Labute approximate surface area is 193 Å². The van der Waals surface area contributed by atoms with Crippen LogP contribution in [0.15, 0.2) is 60.8 Å². The summed E-state index contributed by atoms with van der Waals surface area (Å²) in [6.45, 7) is 4.61. The first-order valence-electron chi connectivity index (χ1n) is 10.6. The normalized spacial score (nSPS) is 12.1. The first kappa shape index (κ1) is 23.9. The van der Waals surface area contributed by atoms with Gasteiger partial charge in [0.05, 0.1) is 16.9 Å². The van der Waals surface area contributed by atoms with Gasteiger partial charge >= 0.3 is 0 Å². The van der Waals surface area contributed by atoms with Crippen molar-refractivity contribution in [1.82, 2.24) is 10.3 Å². The molecule has 0 aliphatic carbocycles. The van der Waals surface area contributed by atoms with Crippen molar-refractivity contribution < 1.29 is 14.6 Å². The van der Waals surface area contributed by atoms with E-state index in [1.54, 1.807) is 30.3 Å². The molecule has 0 spiro atoms. The molecule has 1 atom stereocenters. The van der Waals surface area contributed by atoms with Crippen LogP contribution in [0.4, 0.5) is 11.4 Å². The van der Waals surface area contributed by atoms with Gasteiger partial charge in [0.15, 0.2) is 0 Å². The molecule has 6 N–H and O–H groups in total. The maximum atomic E-state index is 10.3. The van der Waals surface area contributed by atoms with Crippen molar-refractivity contribution in [1.29, 1.82) is 5.26 Å². The van der Waals surface area contributed by atoms with E-state index in [9.17, 15) is 5.11 Å². The predicted molar refractivity (Wildman–Crippen MR) is 128 cm³/mol. The number of rotatable bonds is 10. The lowest BCUT2D eigenvalue weighted by Gasteiger charge is -2.28. The lowest BCUT2D eigenvalue weighted by molar-refractivity contribution is 0.0992. The molecular formula is C25H29N5O3. The van der Waals surface area contributed by atoms with E-state index < -0.39 is 6.10 Å². The van der Waals surface area contributed by atoms with Crippen molar-refractivity contribution in [3.8, 4) is 23.4 Å². The summed E-state index contributed by atoms with van der Waals surface area (Å²) in [5, 5.41) is 22.5. The quantitative estimate of drug-likeness (QED) is 0.347. The number of nitriles is 1. The van der Waals surface area contributed by atoms with Crippen LogP contribution < -0.4 is 26.3 Å². The van der Waals surface area contributed by atoms with E-state index in [1.807, 2.05) is 30.3 Å². The molecule has 0 radical (unpaired) electrons. The molecule has 0 aliphatic rings. The number of nitrogens with two attached hydrogens (primary N) is 2. The Kier molecular flexibility index (Phi) is 7.72. The van der Waals surface area contributed by atoms with Crippen molar-refractivity contribution >= 4 is 11.4 Å². The maximum Gasteiger partial charge on any atom is 0.219 e. The number of aliphatic hydroxyl groups excluding tert-OH is 1. The van der Waals surface area contributed by atoms with Gasteiger partial charge in [-0.2, -0.15) is 5.26 Å². The largest absolute Gasteiger partial charge is 0.489 e. The predicted octanol–water partition coefficient (Wildman–Crippen LogP) is 3.26. The Hall–Kier alpha value is -3.80. The zero-order valence-electron chi connectivity index (χ0n) is 18.8. The van der Waals surface area contributed by atoms with Gasteiger partial charge < -0.3 is 31.4 Å². The number of β-amino-alcohol motifs (C(OH)–C–C–N with tert-alkyl or cyclic N) is 1. The van der Waals surface area contributed by atoms with Crippen molar-refractivity contribution in [2.24, 2.45) is 0 Å². The average molecular weight is 448 g/mol. The number of hydrogen-bond donors (Lipinski definition) is 4. The molecule has 1 aromatic heterocycles. The third kappa shape index (κ3) is 7.10. The van der Waals surface area contributed by atoms with Crippen LogP contribution in [0, 0.1) is 11.3 Å². The van der Waals surface area contributed by atoms with Gasteiger partial charge in [0.1, 0.15) is 30.3 Å². The maximum absolute atomic E-state index is 10.3. The summed E-state index contributed by atoms with van der Waals surface area (Å²) in [7, 11) is 0. The molecule has 0 bridgehead atoms. The highest BCUT2D eigenvalue weighted by atomic mass is 16.5. The van der Waals surface area contributed by atoms with Gasteiger partial charge in [-0.1, -0.05) is 18.2 Å². The molecule has 1 heterocycles. The number of nitrogen functional groups attached to an aromatic ring is 2. The average Bonchev–Trinajstić information content (AvgIpc) is 2.80. The van der Waals surface area contributed by atoms with Crippen LogP contribution in [0.25, 0.3) is 0 Å². The second-order valence-electron chi connectivity index (χ2n) is 8.41. The Balaban J connectivity index is 1.47. The zero-order chi connectivity index (χ0) is 23.8. The molecule has 0 saturated carbocycles. The molecule has 172 valence electrons. The molecule has 0 saturated heterocycles. The highest BCUT2D eigenvalue weighted by Gasteiger charge is 2.20. The minimum absolute atomic E-state index is 0.103. The van der Waals surface area contributed by atoms with Crippen LogP contribution in [-0.4, -0.2) is 34.9 Å². The molecule has 0 fully saturated rings. The summed E-state index contributed by atoms with van der Waals surface area (Å²) in [5.41, 5.74) is 13.8. The SMILES string of the molecule is CC(C)(Cc1ccc(Oc2ccc(C#N)cn2)cc1)NC[C@H](O)COc1cccc(N)c1N. The number of para-hydroxylation sites is 1. The number of pyridine rings is 1. The van der Waals surface area contributed by atoms with Gasteiger partial charge in [-0.25, -0.2) is 4.98 Å². The molecule has 0 amide bonds. The second kappa shape index (κ2) is 10.7. The summed E-state index contributed by atoms with van der Waals surface area (Å²) in [6.07, 6.45) is 1.51. The lowest BCUT2D eigenvalue weighted by atomic mass is 9.94. The number of anilines is 2. The summed E-state index contributed by atoms with van der Waals surface area (Å²) < 4.78 is 11.3. The Bertz CT molecular complexity index is 1090. The number of nitrogens with zero attached hydrogens (tertiary/aromatic N) is 2. The molecule has 8 nitrogen and oxygen atoms in total. The van der Waals surface area contributed by atoms with Gasteiger partial charge in [0, 0.05) is 24.3 Å². The van der Waals surface area contributed by atoms with E-state index in [-0.39, 0.29) is 12.1 Å². The lowest BCUT2D eigenvalue weighted by Crippen LogP contribution is -2.46. The molecule has 3 rings (SSSR count). The summed E-state index contributed by atoms with van der Waals surface area (Å²) in [5.74, 6) is 1.56. The van der Waals surface area contributed by atoms with E-state index >= 15 is 0 Å². The standard InChI is InChI=1S/C25H29N5O3/c1-25(2,30-15-19(31)16-32-22-5-3-4-21(27)24(22)28)12-17-6-9-20(10-7-17)33-23-11-8-18(13-26)14-29-23/h3-11,14,19,30-31H,12,15-16,27-28H2,1-2H3/t19-/m0/s1. The first-order chi connectivity index (χ1) is 15.8. The third-order valence-corrected chi connectivity index (χ3v) is 5.00. The summed E-state index contributed by atoms with van der Waals surface area (Å²) in [6, 6.07) is 18.3. The Morgan fingerprint density at radius 3 is 2.55 bits per heavy atom. The van der Waals surface area contributed by atoms with Crippen LogP contribution in [0.5, 0.6) is 17.4 Å². The number of aliphatic hydroxyl groups is 1.